The summed E-state index contributed by atoms with van der Waals surface area (Å²) in [6.07, 6.45) is 1.54. The van der Waals surface area contributed by atoms with Crippen LogP contribution in [0.2, 0.25) is 0 Å². The average molecular weight is 179 g/mol. The van der Waals surface area contributed by atoms with E-state index >= 15 is 0 Å². The zero-order chi connectivity index (χ0) is 10.3. The SMILES string of the molecule is CC.Cc1cccc(/C=N\N)c1N. The first-order chi connectivity index (χ1) is 6.25. The minimum Gasteiger partial charge on any atom is -0.398 e. The molecule has 3 heteroatoms. The topological polar surface area (TPSA) is 64.4 Å². The molecule has 1 aromatic carbocycles. The smallest absolute Gasteiger partial charge is 0.0558 e. The quantitative estimate of drug-likeness (QED) is 0.299. The Kier molecular flexibility index (Phi) is 5.35. The molecule has 0 aromatic heterocycles. The maximum absolute atomic E-state index is 5.72. The first-order valence-corrected chi connectivity index (χ1v) is 4.34. The summed E-state index contributed by atoms with van der Waals surface area (Å²) < 4.78 is 0. The van der Waals surface area contributed by atoms with Crippen LogP contribution >= 0.6 is 0 Å². The number of hydrogen-bond donors (Lipinski definition) is 2. The van der Waals surface area contributed by atoms with Gasteiger partial charge in [0, 0.05) is 11.3 Å². The van der Waals surface area contributed by atoms with E-state index in [1.807, 2.05) is 39.0 Å². The Balaban J connectivity index is 0.000000671. The Morgan fingerprint density at radius 1 is 1.31 bits per heavy atom. The lowest BCUT2D eigenvalue weighted by atomic mass is 10.1. The van der Waals surface area contributed by atoms with Crippen LogP contribution in [0.1, 0.15) is 25.0 Å². The molecule has 0 saturated heterocycles. The van der Waals surface area contributed by atoms with Gasteiger partial charge >= 0.3 is 0 Å². The molecule has 0 fully saturated rings. The average Bonchev–Trinajstić information content (AvgIpc) is 2.17. The summed E-state index contributed by atoms with van der Waals surface area (Å²) >= 11 is 0. The van der Waals surface area contributed by atoms with Crippen molar-refractivity contribution in [2.24, 2.45) is 10.9 Å². The van der Waals surface area contributed by atoms with Gasteiger partial charge in [-0.2, -0.15) is 5.10 Å². The summed E-state index contributed by atoms with van der Waals surface area (Å²) in [4.78, 5) is 0. The van der Waals surface area contributed by atoms with Crippen LogP contribution in [0.25, 0.3) is 0 Å². The van der Waals surface area contributed by atoms with Crippen molar-refractivity contribution in [2.75, 3.05) is 5.73 Å². The summed E-state index contributed by atoms with van der Waals surface area (Å²) in [5.74, 6) is 4.99. The molecule has 0 aliphatic carbocycles. The van der Waals surface area contributed by atoms with Gasteiger partial charge in [0.25, 0.3) is 0 Å². The third-order valence-corrected chi connectivity index (χ3v) is 1.57. The van der Waals surface area contributed by atoms with Gasteiger partial charge in [-0.1, -0.05) is 32.0 Å². The molecule has 0 aliphatic heterocycles. The van der Waals surface area contributed by atoms with E-state index in [1.165, 1.54) is 0 Å². The molecule has 0 radical (unpaired) electrons. The van der Waals surface area contributed by atoms with Crippen molar-refractivity contribution in [1.29, 1.82) is 0 Å². The number of hydrazone groups is 1. The Morgan fingerprint density at radius 3 is 2.46 bits per heavy atom. The molecule has 0 unspecified atom stereocenters. The van der Waals surface area contributed by atoms with Gasteiger partial charge in [-0.15, -0.1) is 0 Å². The second-order valence-corrected chi connectivity index (χ2v) is 2.36. The molecule has 0 atom stereocenters. The Morgan fingerprint density at radius 2 is 1.92 bits per heavy atom. The van der Waals surface area contributed by atoms with Crippen molar-refractivity contribution in [3.63, 3.8) is 0 Å². The van der Waals surface area contributed by atoms with Gasteiger partial charge in [-0.3, -0.25) is 0 Å². The zero-order valence-electron chi connectivity index (χ0n) is 8.41. The lowest BCUT2D eigenvalue weighted by Gasteiger charge is -2.01. The van der Waals surface area contributed by atoms with Crippen molar-refractivity contribution < 1.29 is 0 Å². The third-order valence-electron chi connectivity index (χ3n) is 1.57. The van der Waals surface area contributed by atoms with Crippen LogP contribution in [0, 0.1) is 6.92 Å². The van der Waals surface area contributed by atoms with E-state index in [-0.39, 0.29) is 0 Å². The van der Waals surface area contributed by atoms with Crippen molar-refractivity contribution >= 4 is 11.9 Å². The number of para-hydroxylation sites is 1. The summed E-state index contributed by atoms with van der Waals surface area (Å²) in [5.41, 5.74) is 8.37. The third kappa shape index (κ3) is 3.15. The highest BCUT2D eigenvalue weighted by atomic mass is 15.1. The molecule has 0 bridgehead atoms. The summed E-state index contributed by atoms with van der Waals surface area (Å²) in [6.45, 7) is 5.95. The van der Waals surface area contributed by atoms with Crippen LogP contribution in [-0.2, 0) is 0 Å². The molecule has 13 heavy (non-hydrogen) atoms. The molecule has 4 N–H and O–H groups in total. The van der Waals surface area contributed by atoms with Crippen molar-refractivity contribution in [2.45, 2.75) is 20.8 Å². The summed E-state index contributed by atoms with van der Waals surface area (Å²) in [5, 5.41) is 3.40. The molecule has 0 aliphatic rings. The Hall–Kier alpha value is -1.51. The van der Waals surface area contributed by atoms with Crippen molar-refractivity contribution in [1.82, 2.24) is 0 Å². The summed E-state index contributed by atoms with van der Waals surface area (Å²) in [7, 11) is 0. The highest BCUT2D eigenvalue weighted by Crippen LogP contribution is 2.13. The number of aryl methyl sites for hydroxylation is 1. The van der Waals surface area contributed by atoms with E-state index in [0.29, 0.717) is 0 Å². The van der Waals surface area contributed by atoms with Gasteiger partial charge in [0.2, 0.25) is 0 Å². The van der Waals surface area contributed by atoms with Crippen molar-refractivity contribution in [3.05, 3.63) is 29.3 Å². The lowest BCUT2D eigenvalue weighted by molar-refractivity contribution is 1.26. The van der Waals surface area contributed by atoms with Crippen LogP contribution in [0.15, 0.2) is 23.3 Å². The van der Waals surface area contributed by atoms with Gasteiger partial charge < -0.3 is 11.6 Å². The van der Waals surface area contributed by atoms with E-state index in [1.54, 1.807) is 6.21 Å². The second-order valence-electron chi connectivity index (χ2n) is 2.36. The molecule has 0 heterocycles. The first-order valence-electron chi connectivity index (χ1n) is 4.34. The molecule has 1 rings (SSSR count). The molecule has 0 amide bonds. The Bertz CT molecular complexity index is 279. The molecule has 1 aromatic rings. The van der Waals surface area contributed by atoms with Crippen LogP contribution in [0.4, 0.5) is 5.69 Å². The second kappa shape index (κ2) is 6.06. The molecule has 72 valence electrons. The fourth-order valence-electron chi connectivity index (χ4n) is 0.896. The largest absolute Gasteiger partial charge is 0.398 e. The summed E-state index contributed by atoms with van der Waals surface area (Å²) in [6, 6.07) is 5.74. The number of nitrogen functional groups attached to an aromatic ring is 1. The highest BCUT2D eigenvalue weighted by molar-refractivity contribution is 5.87. The zero-order valence-corrected chi connectivity index (χ0v) is 8.41. The van der Waals surface area contributed by atoms with E-state index in [0.717, 1.165) is 16.8 Å². The number of nitrogens with zero attached hydrogens (tertiary/aromatic N) is 1. The highest BCUT2D eigenvalue weighted by Gasteiger charge is 1.96. The van der Waals surface area contributed by atoms with Gasteiger partial charge in [-0.05, 0) is 12.5 Å². The molecular formula is C10H17N3. The van der Waals surface area contributed by atoms with Gasteiger partial charge in [0.15, 0.2) is 0 Å². The minimum atomic E-state index is 0.738. The fourth-order valence-corrected chi connectivity index (χ4v) is 0.896. The standard InChI is InChI=1S/C8H11N3.C2H6/c1-6-3-2-4-7(5-11-10)8(6)9;1-2/h2-5H,9-10H2,1H3;1-2H3/b11-5-;. The van der Waals surface area contributed by atoms with Crippen LogP contribution in [-0.4, -0.2) is 6.21 Å². The van der Waals surface area contributed by atoms with E-state index in [9.17, 15) is 0 Å². The monoisotopic (exact) mass is 179 g/mol. The van der Waals surface area contributed by atoms with Gasteiger partial charge in [-0.25, -0.2) is 0 Å². The Labute approximate surface area is 79.4 Å². The maximum atomic E-state index is 5.72. The first kappa shape index (κ1) is 11.5. The van der Waals surface area contributed by atoms with E-state index in [2.05, 4.69) is 5.10 Å². The molecule has 3 nitrogen and oxygen atoms in total. The number of hydrogen-bond acceptors (Lipinski definition) is 3. The lowest BCUT2D eigenvalue weighted by Crippen LogP contribution is -1.96. The minimum absolute atomic E-state index is 0.738. The molecular weight excluding hydrogens is 162 g/mol. The van der Waals surface area contributed by atoms with Crippen LogP contribution in [0.5, 0.6) is 0 Å². The fraction of sp³-hybridized carbons (Fsp3) is 0.300. The van der Waals surface area contributed by atoms with Gasteiger partial charge in [0.05, 0.1) is 6.21 Å². The molecule has 0 saturated carbocycles. The van der Waals surface area contributed by atoms with Crippen LogP contribution < -0.4 is 11.6 Å². The predicted octanol–water partition coefficient (Wildman–Crippen LogP) is 1.90. The van der Waals surface area contributed by atoms with Crippen LogP contribution in [0.3, 0.4) is 0 Å². The number of benzene rings is 1. The maximum Gasteiger partial charge on any atom is 0.0558 e. The number of nitrogens with two attached hydrogens (primary N) is 2. The number of anilines is 1. The van der Waals surface area contributed by atoms with E-state index < -0.39 is 0 Å². The number of rotatable bonds is 1. The van der Waals surface area contributed by atoms with E-state index in [4.69, 9.17) is 11.6 Å². The normalized spacial score (nSPS) is 9.46. The predicted molar refractivity (Wildman–Crippen MR) is 58.7 cm³/mol. The molecule has 0 spiro atoms. The van der Waals surface area contributed by atoms with Gasteiger partial charge in [0.1, 0.15) is 0 Å². The van der Waals surface area contributed by atoms with Crippen molar-refractivity contribution in [3.8, 4) is 0 Å².